The molecule has 1 aliphatic heterocycles. The van der Waals surface area contributed by atoms with Gasteiger partial charge in [0, 0.05) is 22.9 Å². The molecule has 3 nitrogen and oxygen atoms in total. The van der Waals surface area contributed by atoms with Crippen LogP contribution in [0, 0.1) is 5.82 Å². The Bertz CT molecular complexity index is 833. The van der Waals surface area contributed by atoms with Crippen LogP contribution < -0.4 is 0 Å². The fourth-order valence-corrected chi connectivity index (χ4v) is 5.23. The first-order valence-corrected chi connectivity index (χ1v) is 10.2. The lowest BCUT2D eigenvalue weighted by atomic mass is 9.67. The Balaban J connectivity index is 1.73. The van der Waals surface area contributed by atoms with Crippen molar-refractivity contribution < 1.29 is 13.5 Å². The zero-order chi connectivity index (χ0) is 19.2. The van der Waals surface area contributed by atoms with Gasteiger partial charge in [0.15, 0.2) is 0 Å². The van der Waals surface area contributed by atoms with Crippen molar-refractivity contribution in [3.8, 4) is 0 Å². The molecule has 2 aliphatic rings. The van der Waals surface area contributed by atoms with Crippen LogP contribution in [-0.2, 0) is 16.8 Å². The minimum Gasteiger partial charge on any atom is -0.365 e. The van der Waals surface area contributed by atoms with Crippen molar-refractivity contribution in [3.63, 3.8) is 0 Å². The molecular weight excluding hydrogens is 346 g/mol. The number of hydrogen-bond acceptors (Lipinski definition) is 2. The standard InChI is InChI=1S/C22H30F2N2O/c1-4-5-9-21(26(2)3)10-11-22(19(24)14-21)20-16(8-12-27-22)17-13-15(23)6-7-18(17)25-20/h6-7,13,19,25H,4-5,8-12,14H2,1-3H3. The molecule has 1 spiro atoms. The first kappa shape index (κ1) is 18.9. The van der Waals surface area contributed by atoms with E-state index < -0.39 is 11.8 Å². The third kappa shape index (κ3) is 2.90. The van der Waals surface area contributed by atoms with Gasteiger partial charge in [-0.3, -0.25) is 0 Å². The molecule has 0 saturated heterocycles. The number of H-pyrrole nitrogens is 1. The van der Waals surface area contributed by atoms with E-state index >= 15 is 4.39 Å². The summed E-state index contributed by atoms with van der Waals surface area (Å²) in [6.45, 7) is 2.67. The predicted octanol–water partition coefficient (Wildman–Crippen LogP) is 5.09. The van der Waals surface area contributed by atoms with Crippen LogP contribution >= 0.6 is 0 Å². The molecule has 3 atom stereocenters. The number of aromatic nitrogens is 1. The monoisotopic (exact) mass is 376 g/mol. The van der Waals surface area contributed by atoms with Crippen LogP contribution in [0.1, 0.15) is 56.7 Å². The summed E-state index contributed by atoms with van der Waals surface area (Å²) in [6.07, 6.45) is 4.88. The lowest BCUT2D eigenvalue weighted by Gasteiger charge is -2.52. The van der Waals surface area contributed by atoms with Crippen LogP contribution in [0.25, 0.3) is 10.9 Å². The molecule has 27 heavy (non-hydrogen) atoms. The maximum atomic E-state index is 15.8. The summed E-state index contributed by atoms with van der Waals surface area (Å²) in [4.78, 5) is 5.60. The second kappa shape index (κ2) is 6.85. The molecule has 1 N–H and O–H groups in total. The molecule has 1 aromatic heterocycles. The fourth-order valence-electron chi connectivity index (χ4n) is 5.23. The molecular formula is C22H30F2N2O. The average Bonchev–Trinajstić information content (AvgIpc) is 3.02. The van der Waals surface area contributed by atoms with Gasteiger partial charge in [-0.1, -0.05) is 19.8 Å². The highest BCUT2D eigenvalue weighted by Crippen LogP contribution is 2.51. The number of nitrogens with one attached hydrogen (secondary N) is 1. The van der Waals surface area contributed by atoms with Crippen LogP contribution in [-0.4, -0.2) is 42.3 Å². The minimum absolute atomic E-state index is 0.111. The largest absolute Gasteiger partial charge is 0.365 e. The SMILES string of the molecule is CCCCC1(N(C)C)CCC2(OCCc3c2[nH]c2ccc(F)cc32)C(F)C1. The zero-order valence-electron chi connectivity index (χ0n) is 16.6. The summed E-state index contributed by atoms with van der Waals surface area (Å²) < 4.78 is 35.8. The van der Waals surface area contributed by atoms with E-state index in [1.807, 2.05) is 0 Å². The van der Waals surface area contributed by atoms with Crippen molar-refractivity contribution in [2.75, 3.05) is 20.7 Å². The summed E-state index contributed by atoms with van der Waals surface area (Å²) in [5.41, 5.74) is 1.71. The number of fused-ring (bicyclic) bond motifs is 4. The fraction of sp³-hybridized carbons (Fsp3) is 0.636. The number of benzene rings is 1. The Hall–Kier alpha value is -1.46. The van der Waals surface area contributed by atoms with Gasteiger partial charge in [-0.25, -0.2) is 8.78 Å². The summed E-state index contributed by atoms with van der Waals surface area (Å²) in [5, 5.41) is 0.871. The maximum absolute atomic E-state index is 15.8. The highest BCUT2D eigenvalue weighted by Gasteiger charge is 2.55. The van der Waals surface area contributed by atoms with Gasteiger partial charge < -0.3 is 14.6 Å². The average molecular weight is 376 g/mol. The first-order valence-electron chi connectivity index (χ1n) is 10.2. The molecule has 0 amide bonds. The lowest BCUT2D eigenvalue weighted by molar-refractivity contribution is -0.159. The smallest absolute Gasteiger partial charge is 0.139 e. The van der Waals surface area contributed by atoms with Gasteiger partial charge in [-0.05, 0) is 63.5 Å². The number of halogens is 2. The molecule has 4 rings (SSSR count). The van der Waals surface area contributed by atoms with Gasteiger partial charge in [0.25, 0.3) is 0 Å². The van der Waals surface area contributed by atoms with E-state index in [1.54, 1.807) is 12.1 Å². The van der Waals surface area contributed by atoms with Gasteiger partial charge >= 0.3 is 0 Å². The second-order valence-electron chi connectivity index (χ2n) is 8.55. The van der Waals surface area contributed by atoms with Crippen LogP contribution in [0.4, 0.5) is 8.78 Å². The van der Waals surface area contributed by atoms with E-state index in [0.717, 1.165) is 47.8 Å². The number of ether oxygens (including phenoxy) is 1. The van der Waals surface area contributed by atoms with Crippen LogP contribution in [0.3, 0.4) is 0 Å². The molecule has 1 saturated carbocycles. The van der Waals surface area contributed by atoms with E-state index in [4.69, 9.17) is 4.74 Å². The van der Waals surface area contributed by atoms with Crippen molar-refractivity contribution in [2.45, 2.75) is 69.2 Å². The maximum Gasteiger partial charge on any atom is 0.139 e. The number of alkyl halides is 1. The molecule has 5 heteroatoms. The van der Waals surface area contributed by atoms with Crippen molar-refractivity contribution in [1.29, 1.82) is 0 Å². The molecule has 1 aromatic carbocycles. The summed E-state index contributed by atoms with van der Waals surface area (Å²) in [6, 6.07) is 4.76. The highest BCUT2D eigenvalue weighted by atomic mass is 19.1. The number of unbranched alkanes of at least 4 members (excludes halogenated alkanes) is 1. The third-order valence-electron chi connectivity index (χ3n) is 6.97. The topological polar surface area (TPSA) is 28.3 Å². The van der Waals surface area contributed by atoms with E-state index in [-0.39, 0.29) is 11.4 Å². The minimum atomic E-state index is -1.08. The van der Waals surface area contributed by atoms with Gasteiger partial charge in [0.1, 0.15) is 17.6 Å². The summed E-state index contributed by atoms with van der Waals surface area (Å²) in [5.74, 6) is -0.253. The molecule has 2 heterocycles. The molecule has 1 aliphatic carbocycles. The first-order chi connectivity index (χ1) is 12.9. The summed E-state index contributed by atoms with van der Waals surface area (Å²) >= 11 is 0. The van der Waals surface area contributed by atoms with E-state index in [1.165, 1.54) is 6.07 Å². The number of aromatic amines is 1. The lowest BCUT2D eigenvalue weighted by Crippen LogP contribution is -2.57. The normalized spacial score (nSPS) is 31.0. The van der Waals surface area contributed by atoms with Gasteiger partial charge in [-0.2, -0.15) is 0 Å². The number of nitrogens with zero attached hydrogens (tertiary/aromatic N) is 1. The van der Waals surface area contributed by atoms with Gasteiger partial charge in [0.05, 0.1) is 12.3 Å². The van der Waals surface area contributed by atoms with Crippen molar-refractivity contribution in [1.82, 2.24) is 9.88 Å². The Morgan fingerprint density at radius 2 is 2.11 bits per heavy atom. The number of hydrogen-bond donors (Lipinski definition) is 1. The number of rotatable bonds is 4. The van der Waals surface area contributed by atoms with Crippen molar-refractivity contribution >= 4 is 10.9 Å². The quantitative estimate of drug-likeness (QED) is 0.805. The molecule has 3 unspecified atom stereocenters. The van der Waals surface area contributed by atoms with Crippen molar-refractivity contribution in [2.24, 2.45) is 0 Å². The third-order valence-corrected chi connectivity index (χ3v) is 6.97. The van der Waals surface area contributed by atoms with E-state index in [2.05, 4.69) is 30.9 Å². The second-order valence-corrected chi connectivity index (χ2v) is 8.55. The predicted molar refractivity (Wildman–Crippen MR) is 104 cm³/mol. The zero-order valence-corrected chi connectivity index (χ0v) is 16.6. The Kier molecular flexibility index (Phi) is 4.79. The van der Waals surface area contributed by atoms with Crippen LogP contribution in [0.5, 0.6) is 0 Å². The molecule has 0 radical (unpaired) electrons. The molecule has 2 aromatic rings. The Morgan fingerprint density at radius 3 is 2.81 bits per heavy atom. The van der Waals surface area contributed by atoms with Gasteiger partial charge in [0.2, 0.25) is 0 Å². The molecule has 0 bridgehead atoms. The van der Waals surface area contributed by atoms with Crippen molar-refractivity contribution in [3.05, 3.63) is 35.3 Å². The molecule has 1 fully saturated rings. The van der Waals surface area contributed by atoms with Crippen LogP contribution in [0.15, 0.2) is 18.2 Å². The Labute approximate surface area is 160 Å². The van der Waals surface area contributed by atoms with Crippen LogP contribution in [0.2, 0.25) is 0 Å². The van der Waals surface area contributed by atoms with E-state index in [9.17, 15) is 4.39 Å². The Morgan fingerprint density at radius 1 is 1.30 bits per heavy atom. The molecule has 148 valence electrons. The summed E-state index contributed by atoms with van der Waals surface area (Å²) in [7, 11) is 4.14. The van der Waals surface area contributed by atoms with E-state index in [0.29, 0.717) is 25.9 Å². The highest BCUT2D eigenvalue weighted by molar-refractivity contribution is 5.85. The van der Waals surface area contributed by atoms with Gasteiger partial charge in [-0.15, -0.1) is 0 Å².